The number of nitrogens with zero attached hydrogens (tertiary/aromatic N) is 3. The molecule has 1 fully saturated rings. The van der Waals surface area contributed by atoms with Gasteiger partial charge in [0.1, 0.15) is 0 Å². The Morgan fingerprint density at radius 2 is 1.74 bits per heavy atom. The van der Waals surface area contributed by atoms with E-state index in [1.165, 1.54) is 5.56 Å². The molecule has 5 nitrogen and oxygen atoms in total. The summed E-state index contributed by atoms with van der Waals surface area (Å²) in [6.45, 7) is 8.27. The van der Waals surface area contributed by atoms with Crippen molar-refractivity contribution in [2.24, 2.45) is 0 Å². The van der Waals surface area contributed by atoms with E-state index in [9.17, 15) is 0 Å². The second kappa shape index (κ2) is 7.53. The molecule has 5 heteroatoms. The van der Waals surface area contributed by atoms with Crippen molar-refractivity contribution in [1.29, 1.82) is 0 Å². The third-order valence-electron chi connectivity index (χ3n) is 4.11. The molecular formula is C18H24N4O. The highest BCUT2D eigenvalue weighted by Crippen LogP contribution is 2.22. The number of hydrogen-bond acceptors (Lipinski definition) is 5. The van der Waals surface area contributed by atoms with E-state index in [-0.39, 0.29) is 0 Å². The lowest BCUT2D eigenvalue weighted by Gasteiger charge is -2.35. The van der Waals surface area contributed by atoms with Gasteiger partial charge in [-0.25, -0.2) is 9.97 Å². The third kappa shape index (κ3) is 4.27. The minimum Gasteiger partial charge on any atom is -0.379 e. The Hall–Kier alpha value is -1.98. The van der Waals surface area contributed by atoms with E-state index in [1.54, 1.807) is 0 Å². The van der Waals surface area contributed by atoms with Crippen LogP contribution in [0.1, 0.15) is 23.0 Å². The van der Waals surface area contributed by atoms with Crippen LogP contribution in [0, 0.1) is 13.8 Å². The minimum atomic E-state index is 0.296. The summed E-state index contributed by atoms with van der Waals surface area (Å²) < 4.78 is 5.49. The molecule has 0 spiro atoms. The second-order valence-corrected chi connectivity index (χ2v) is 5.93. The topological polar surface area (TPSA) is 50.3 Å². The van der Waals surface area contributed by atoms with Gasteiger partial charge in [0.05, 0.1) is 19.3 Å². The van der Waals surface area contributed by atoms with Crippen molar-refractivity contribution >= 4 is 5.95 Å². The molecule has 1 aromatic heterocycles. The van der Waals surface area contributed by atoms with Crippen LogP contribution in [0.4, 0.5) is 5.95 Å². The van der Waals surface area contributed by atoms with Crippen molar-refractivity contribution in [3.63, 3.8) is 0 Å². The van der Waals surface area contributed by atoms with Gasteiger partial charge in [-0.1, -0.05) is 30.3 Å². The summed E-state index contributed by atoms with van der Waals surface area (Å²) in [6, 6.07) is 12.9. The summed E-state index contributed by atoms with van der Waals surface area (Å²) >= 11 is 0. The van der Waals surface area contributed by atoms with E-state index in [2.05, 4.69) is 50.5 Å². The average Bonchev–Trinajstić information content (AvgIpc) is 2.56. The quantitative estimate of drug-likeness (QED) is 0.919. The summed E-state index contributed by atoms with van der Waals surface area (Å²) in [5.41, 5.74) is 3.29. The molecule has 1 saturated heterocycles. The molecule has 0 aliphatic carbocycles. The molecule has 0 saturated carbocycles. The number of morpholine rings is 1. The van der Waals surface area contributed by atoms with Crippen molar-refractivity contribution in [3.8, 4) is 0 Å². The smallest absolute Gasteiger partial charge is 0.223 e. The van der Waals surface area contributed by atoms with Crippen LogP contribution in [0.15, 0.2) is 36.4 Å². The van der Waals surface area contributed by atoms with Crippen molar-refractivity contribution in [2.75, 3.05) is 38.2 Å². The Morgan fingerprint density at radius 1 is 1.09 bits per heavy atom. The summed E-state index contributed by atoms with van der Waals surface area (Å²) in [4.78, 5) is 11.4. The fraction of sp³-hybridized carbons (Fsp3) is 0.444. The number of aryl methyl sites for hydroxylation is 2. The standard InChI is InChI=1S/C18H24N4O/c1-14-12-15(2)21-18(20-14)19-13-17(16-6-4-3-5-7-16)22-8-10-23-11-9-22/h3-7,12,17H,8-11,13H2,1-2H3,(H,19,20,21). The molecule has 23 heavy (non-hydrogen) atoms. The largest absolute Gasteiger partial charge is 0.379 e. The molecule has 2 aromatic rings. The average molecular weight is 312 g/mol. The number of nitrogens with one attached hydrogen (secondary N) is 1. The van der Waals surface area contributed by atoms with Crippen molar-refractivity contribution in [1.82, 2.24) is 14.9 Å². The lowest BCUT2D eigenvalue weighted by Crippen LogP contribution is -2.41. The first-order valence-electron chi connectivity index (χ1n) is 8.15. The predicted octanol–water partition coefficient (Wildman–Crippen LogP) is 2.58. The van der Waals surface area contributed by atoms with Gasteiger partial charge < -0.3 is 10.1 Å². The Kier molecular flexibility index (Phi) is 5.20. The maximum Gasteiger partial charge on any atom is 0.223 e. The molecule has 0 bridgehead atoms. The van der Waals surface area contributed by atoms with Crippen LogP contribution >= 0.6 is 0 Å². The molecule has 1 aliphatic rings. The van der Waals surface area contributed by atoms with Gasteiger partial charge in [0, 0.05) is 31.0 Å². The molecule has 0 radical (unpaired) electrons. The second-order valence-electron chi connectivity index (χ2n) is 5.93. The van der Waals surface area contributed by atoms with Crippen molar-refractivity contribution in [3.05, 3.63) is 53.3 Å². The highest BCUT2D eigenvalue weighted by atomic mass is 16.5. The maximum absolute atomic E-state index is 5.49. The minimum absolute atomic E-state index is 0.296. The zero-order valence-electron chi connectivity index (χ0n) is 13.8. The molecule has 122 valence electrons. The fourth-order valence-electron chi connectivity index (χ4n) is 3.02. The first-order valence-corrected chi connectivity index (χ1v) is 8.15. The number of hydrogen-bond donors (Lipinski definition) is 1. The van der Waals surface area contributed by atoms with Crippen LogP contribution in [-0.2, 0) is 4.74 Å². The summed E-state index contributed by atoms with van der Waals surface area (Å²) in [5, 5.41) is 3.42. The van der Waals surface area contributed by atoms with Gasteiger partial charge in [-0.2, -0.15) is 0 Å². The molecular weight excluding hydrogens is 288 g/mol. The number of benzene rings is 1. The Morgan fingerprint density at radius 3 is 2.39 bits per heavy atom. The molecule has 0 amide bonds. The highest BCUT2D eigenvalue weighted by Gasteiger charge is 2.22. The molecule has 1 atom stereocenters. The van der Waals surface area contributed by atoms with E-state index < -0.39 is 0 Å². The van der Waals surface area contributed by atoms with Gasteiger partial charge in [-0.05, 0) is 25.5 Å². The van der Waals surface area contributed by atoms with Crippen LogP contribution in [0.2, 0.25) is 0 Å². The Balaban J connectivity index is 1.75. The molecule has 1 aromatic carbocycles. The van der Waals surface area contributed by atoms with Gasteiger partial charge in [0.15, 0.2) is 0 Å². The van der Waals surface area contributed by atoms with Gasteiger partial charge in [0.2, 0.25) is 5.95 Å². The molecule has 1 aliphatic heterocycles. The predicted molar refractivity (Wildman–Crippen MR) is 91.6 cm³/mol. The van der Waals surface area contributed by atoms with Gasteiger partial charge in [-0.15, -0.1) is 0 Å². The lowest BCUT2D eigenvalue weighted by atomic mass is 10.0. The number of aromatic nitrogens is 2. The zero-order valence-corrected chi connectivity index (χ0v) is 13.8. The molecule has 1 N–H and O–H groups in total. The van der Waals surface area contributed by atoms with Crippen LogP contribution in [-0.4, -0.2) is 47.7 Å². The van der Waals surface area contributed by atoms with E-state index in [0.29, 0.717) is 12.0 Å². The van der Waals surface area contributed by atoms with E-state index in [1.807, 2.05) is 19.9 Å². The SMILES string of the molecule is Cc1cc(C)nc(NCC(c2ccccc2)N2CCOCC2)n1. The Labute approximate surface area is 137 Å². The van der Waals surface area contributed by atoms with E-state index in [4.69, 9.17) is 4.74 Å². The maximum atomic E-state index is 5.49. The van der Waals surface area contributed by atoms with Crippen LogP contribution in [0.25, 0.3) is 0 Å². The monoisotopic (exact) mass is 312 g/mol. The Bertz CT molecular complexity index is 606. The number of rotatable bonds is 5. The van der Waals surface area contributed by atoms with Gasteiger partial charge in [0.25, 0.3) is 0 Å². The summed E-state index contributed by atoms with van der Waals surface area (Å²) in [7, 11) is 0. The van der Waals surface area contributed by atoms with Crippen molar-refractivity contribution < 1.29 is 4.74 Å². The van der Waals surface area contributed by atoms with Crippen LogP contribution < -0.4 is 5.32 Å². The molecule has 1 unspecified atom stereocenters. The fourth-order valence-corrected chi connectivity index (χ4v) is 3.02. The summed E-state index contributed by atoms with van der Waals surface area (Å²) in [6.07, 6.45) is 0. The van der Waals surface area contributed by atoms with E-state index in [0.717, 1.165) is 44.2 Å². The normalized spacial score (nSPS) is 17.0. The van der Waals surface area contributed by atoms with Crippen molar-refractivity contribution in [2.45, 2.75) is 19.9 Å². The van der Waals surface area contributed by atoms with Crippen LogP contribution in [0.5, 0.6) is 0 Å². The molecule has 2 heterocycles. The van der Waals surface area contributed by atoms with Crippen LogP contribution in [0.3, 0.4) is 0 Å². The number of anilines is 1. The van der Waals surface area contributed by atoms with Gasteiger partial charge in [-0.3, -0.25) is 4.90 Å². The first kappa shape index (κ1) is 15.9. The van der Waals surface area contributed by atoms with E-state index >= 15 is 0 Å². The zero-order chi connectivity index (χ0) is 16.1. The summed E-state index contributed by atoms with van der Waals surface area (Å²) in [5.74, 6) is 0.705. The highest BCUT2D eigenvalue weighted by molar-refractivity contribution is 5.30. The first-order chi connectivity index (χ1) is 11.2. The number of ether oxygens (including phenoxy) is 1. The lowest BCUT2D eigenvalue weighted by molar-refractivity contribution is 0.0187. The third-order valence-corrected chi connectivity index (χ3v) is 4.11. The molecule has 3 rings (SSSR count). The van der Waals surface area contributed by atoms with Gasteiger partial charge >= 0.3 is 0 Å².